The van der Waals surface area contributed by atoms with Crippen LogP contribution in [-0.2, 0) is 4.79 Å². The van der Waals surface area contributed by atoms with Crippen molar-refractivity contribution < 1.29 is 4.79 Å². The number of para-hydroxylation sites is 1. The topological polar surface area (TPSA) is 60.7 Å². The maximum atomic E-state index is 13.1. The summed E-state index contributed by atoms with van der Waals surface area (Å²) in [6, 6.07) is 21.0. The van der Waals surface area contributed by atoms with Gasteiger partial charge in [0, 0.05) is 58.6 Å². The van der Waals surface area contributed by atoms with Gasteiger partial charge in [0.15, 0.2) is 0 Å². The number of carbonyl (C=O) groups excluding carboxylic acids is 1. The highest BCUT2D eigenvalue weighted by Gasteiger charge is 2.23. The van der Waals surface area contributed by atoms with Crippen molar-refractivity contribution in [1.29, 1.82) is 0 Å². The van der Waals surface area contributed by atoms with Gasteiger partial charge in [0.1, 0.15) is 0 Å². The van der Waals surface area contributed by atoms with Crippen LogP contribution < -0.4 is 5.32 Å². The summed E-state index contributed by atoms with van der Waals surface area (Å²) in [6.45, 7) is 2.12. The van der Waals surface area contributed by atoms with Crippen molar-refractivity contribution >= 4 is 90.3 Å². The molecule has 3 aromatic carbocycles. The molecule has 0 atom stereocenters. The molecule has 178 valence electrons. The van der Waals surface area contributed by atoms with Crippen molar-refractivity contribution in [3.05, 3.63) is 91.3 Å². The van der Waals surface area contributed by atoms with E-state index in [9.17, 15) is 4.79 Å². The number of hydrogen-bond donors (Lipinski definition) is 3. The van der Waals surface area contributed by atoms with Crippen molar-refractivity contribution in [1.82, 2.24) is 9.97 Å². The Bertz CT molecular complexity index is 1430. The molecule has 0 radical (unpaired) electrons. The monoisotopic (exact) mass is 705 g/mol. The number of amides is 1. The van der Waals surface area contributed by atoms with Crippen LogP contribution in [0.2, 0.25) is 0 Å². The van der Waals surface area contributed by atoms with Gasteiger partial charge in [0.2, 0.25) is 5.91 Å². The summed E-state index contributed by atoms with van der Waals surface area (Å²) in [5.41, 5.74) is 5.59. The van der Waals surface area contributed by atoms with E-state index in [1.165, 1.54) is 29.0 Å². The number of H-pyrrole nitrogens is 2. The molecule has 0 aliphatic rings. The molecule has 5 aromatic rings. The molecule has 0 saturated heterocycles. The van der Waals surface area contributed by atoms with Gasteiger partial charge in [-0.1, -0.05) is 19.1 Å². The molecule has 4 nitrogen and oxygen atoms in total. The third kappa shape index (κ3) is 5.41. The quantitative estimate of drug-likeness (QED) is 0.112. The number of rotatable bonds is 8. The maximum absolute atomic E-state index is 13.1. The zero-order valence-electron chi connectivity index (χ0n) is 19.2. The minimum absolute atomic E-state index is 0.0444. The van der Waals surface area contributed by atoms with E-state index >= 15 is 0 Å². The Morgan fingerprint density at radius 3 is 2.11 bits per heavy atom. The lowest BCUT2D eigenvalue weighted by molar-refractivity contribution is -0.116. The first-order chi connectivity index (χ1) is 17.0. The highest BCUT2D eigenvalue weighted by Crippen LogP contribution is 2.38. The van der Waals surface area contributed by atoms with E-state index in [1.54, 1.807) is 11.8 Å². The van der Waals surface area contributed by atoms with E-state index in [2.05, 4.69) is 122 Å². The van der Waals surface area contributed by atoms with E-state index < -0.39 is 0 Å². The lowest BCUT2D eigenvalue weighted by Crippen LogP contribution is -2.14. The van der Waals surface area contributed by atoms with E-state index in [0.717, 1.165) is 27.4 Å². The van der Waals surface area contributed by atoms with Crippen molar-refractivity contribution in [2.75, 3.05) is 11.1 Å². The molecule has 0 saturated carbocycles. The first kappa shape index (κ1) is 24.7. The summed E-state index contributed by atoms with van der Waals surface area (Å²) >= 11 is 6.47. The van der Waals surface area contributed by atoms with Gasteiger partial charge >= 0.3 is 0 Å². The third-order valence-electron chi connectivity index (χ3n) is 6.22. The minimum atomic E-state index is 0.0444. The number of thioether (sulfide) groups is 1. The van der Waals surface area contributed by atoms with Crippen LogP contribution in [0.1, 0.15) is 36.8 Å². The number of fused-ring (bicyclic) bond motifs is 2. The molecule has 3 N–H and O–H groups in total. The Morgan fingerprint density at radius 1 is 0.914 bits per heavy atom. The van der Waals surface area contributed by atoms with Crippen LogP contribution in [0, 0.1) is 7.14 Å². The van der Waals surface area contributed by atoms with Crippen LogP contribution in [0.15, 0.2) is 78.0 Å². The molecule has 0 unspecified atom stereocenters. The fraction of sp³-hybridized carbons (Fsp3) is 0.179. The molecule has 2 heterocycles. The van der Waals surface area contributed by atoms with Crippen LogP contribution in [0.3, 0.4) is 0 Å². The Balaban J connectivity index is 1.48. The average molecular weight is 705 g/mol. The van der Waals surface area contributed by atoms with E-state index in [0.29, 0.717) is 12.8 Å². The van der Waals surface area contributed by atoms with Crippen molar-refractivity contribution in [2.45, 2.75) is 30.6 Å². The van der Waals surface area contributed by atoms with Crippen molar-refractivity contribution in [3.8, 4) is 0 Å². The first-order valence-corrected chi connectivity index (χ1v) is 14.7. The Kier molecular flexibility index (Phi) is 7.74. The summed E-state index contributed by atoms with van der Waals surface area (Å²) in [7, 11) is 0. The second-order valence-electron chi connectivity index (χ2n) is 8.44. The Labute approximate surface area is 236 Å². The number of halogens is 2. The highest BCUT2D eigenvalue weighted by atomic mass is 127. The third-order valence-corrected chi connectivity index (χ3v) is 8.52. The molecular formula is C28H25I2N3OS. The molecule has 35 heavy (non-hydrogen) atoms. The van der Waals surface area contributed by atoms with Gasteiger partial charge in [-0.15, -0.1) is 11.8 Å². The number of benzene rings is 3. The van der Waals surface area contributed by atoms with Crippen molar-refractivity contribution in [2.24, 2.45) is 0 Å². The highest BCUT2D eigenvalue weighted by molar-refractivity contribution is 14.1. The Morgan fingerprint density at radius 2 is 1.51 bits per heavy atom. The molecular weight excluding hydrogens is 680 g/mol. The average Bonchev–Trinajstić information content (AvgIpc) is 3.45. The van der Waals surface area contributed by atoms with Gasteiger partial charge in [-0.2, -0.15) is 0 Å². The van der Waals surface area contributed by atoms with Crippen LogP contribution in [0.5, 0.6) is 0 Å². The summed E-state index contributed by atoms with van der Waals surface area (Å²) in [6.07, 6.45) is 5.38. The first-order valence-electron chi connectivity index (χ1n) is 11.6. The zero-order chi connectivity index (χ0) is 24.4. The molecule has 2 aromatic heterocycles. The second kappa shape index (κ2) is 11.0. The maximum Gasteiger partial charge on any atom is 0.224 e. The number of aromatic amines is 2. The van der Waals surface area contributed by atoms with Crippen LogP contribution in [-0.4, -0.2) is 21.6 Å². The SMILES string of the molecule is CCSc1ccccc1NC(=O)CCC(c1c[nH]c2ccc(I)cc12)c1c[nH]c2ccc(I)cc12. The smallest absolute Gasteiger partial charge is 0.224 e. The number of hydrogen-bond acceptors (Lipinski definition) is 2. The Hall–Kier alpha value is -1.98. The molecule has 0 bridgehead atoms. The van der Waals surface area contributed by atoms with Gasteiger partial charge in [0.05, 0.1) is 5.69 Å². The predicted molar refractivity (Wildman–Crippen MR) is 165 cm³/mol. The summed E-state index contributed by atoms with van der Waals surface area (Å²) in [5, 5.41) is 5.59. The zero-order valence-corrected chi connectivity index (χ0v) is 24.3. The normalized spacial score (nSPS) is 11.5. The lowest BCUT2D eigenvalue weighted by Gasteiger charge is -2.17. The lowest BCUT2D eigenvalue weighted by atomic mass is 9.87. The van der Waals surface area contributed by atoms with Gasteiger partial charge < -0.3 is 15.3 Å². The van der Waals surface area contributed by atoms with E-state index in [-0.39, 0.29) is 11.8 Å². The van der Waals surface area contributed by atoms with E-state index in [1.807, 2.05) is 18.2 Å². The summed E-state index contributed by atoms with van der Waals surface area (Å²) in [5.74, 6) is 1.09. The second-order valence-corrected chi connectivity index (χ2v) is 12.2. The van der Waals surface area contributed by atoms with Gasteiger partial charge in [-0.25, -0.2) is 0 Å². The number of nitrogens with one attached hydrogen (secondary N) is 3. The standard InChI is InChI=1S/C28H25I2N3OS/c1-2-35-27-6-4-3-5-26(27)33-28(34)12-9-19(22-15-31-24-10-7-17(29)13-20(22)24)23-16-32-25-11-8-18(30)14-21(23)25/h3-8,10-11,13-16,19,31-32H,2,9,12H2,1H3,(H,33,34). The molecule has 0 spiro atoms. The number of carbonyl (C=O) groups is 1. The molecule has 0 aliphatic heterocycles. The van der Waals surface area contributed by atoms with Gasteiger partial charge in [-0.3, -0.25) is 4.79 Å². The largest absolute Gasteiger partial charge is 0.361 e. The fourth-order valence-corrected chi connectivity index (χ4v) is 6.37. The molecule has 0 fully saturated rings. The van der Waals surface area contributed by atoms with Crippen LogP contribution >= 0.6 is 56.9 Å². The summed E-state index contributed by atoms with van der Waals surface area (Å²) < 4.78 is 2.40. The fourth-order valence-electron chi connectivity index (χ4n) is 4.62. The van der Waals surface area contributed by atoms with Gasteiger partial charge in [0.25, 0.3) is 0 Å². The molecule has 7 heteroatoms. The minimum Gasteiger partial charge on any atom is -0.361 e. The predicted octanol–water partition coefficient (Wildman–Crippen LogP) is 8.52. The molecule has 0 aliphatic carbocycles. The molecule has 1 amide bonds. The molecule has 5 rings (SSSR count). The summed E-state index contributed by atoms with van der Waals surface area (Å²) in [4.78, 5) is 21.1. The van der Waals surface area contributed by atoms with Gasteiger partial charge in [-0.05, 0) is 117 Å². The van der Waals surface area contributed by atoms with Crippen LogP contribution in [0.4, 0.5) is 5.69 Å². The number of aromatic nitrogens is 2. The van der Waals surface area contributed by atoms with Crippen LogP contribution in [0.25, 0.3) is 21.8 Å². The van der Waals surface area contributed by atoms with E-state index in [4.69, 9.17) is 0 Å². The number of anilines is 1. The van der Waals surface area contributed by atoms with Crippen molar-refractivity contribution in [3.63, 3.8) is 0 Å².